The summed E-state index contributed by atoms with van der Waals surface area (Å²) < 4.78 is 53.4. The fraction of sp³-hybridized carbons (Fsp3) is 0.897. The molecular formula is C39H75NO12S. The van der Waals surface area contributed by atoms with Crippen LogP contribution in [0, 0.1) is 0 Å². The minimum Gasteiger partial charge on any atom is -0.726 e. The van der Waals surface area contributed by atoms with E-state index in [1.807, 2.05) is 21.1 Å². The number of ether oxygens (including phenoxy) is 4. The van der Waals surface area contributed by atoms with Crippen LogP contribution >= 0.6 is 0 Å². The molecule has 1 atom stereocenters. The lowest BCUT2D eigenvalue weighted by molar-refractivity contribution is -0.873. The monoisotopic (exact) mass is 782 g/mol. The summed E-state index contributed by atoms with van der Waals surface area (Å²) in [6.45, 7) is 6.04. The van der Waals surface area contributed by atoms with E-state index in [0.29, 0.717) is 49.9 Å². The summed E-state index contributed by atoms with van der Waals surface area (Å²) in [5.41, 5.74) is 0. The third-order valence-electron chi connectivity index (χ3n) is 8.23. The smallest absolute Gasteiger partial charge is 0.306 e. The standard InChI is InChI=1S/C38H72NO8.CH4O4S/c1-6-8-10-24-30-44-35(40)26-20-16-12-13-18-22-28-37(42)46-33-34(32-39(3,4)5)47-38(43)29-23-19-15-14-17-21-27-36(41)45-31-25-11-9-7-2;1-5-6(2,3)4/h34H,6-33H2,1-5H3;1H3,(H,2,3,4)/q+1;/p-1. The Morgan fingerprint density at radius 2 is 0.849 bits per heavy atom. The Bertz CT molecular complexity index is 1030. The van der Waals surface area contributed by atoms with Gasteiger partial charge in [-0.2, -0.15) is 0 Å². The van der Waals surface area contributed by atoms with Crippen LogP contribution in [0.15, 0.2) is 0 Å². The molecule has 1 unspecified atom stereocenters. The Balaban J connectivity index is 0. The van der Waals surface area contributed by atoms with Crippen LogP contribution in [0.2, 0.25) is 0 Å². The number of hydrogen-bond donors (Lipinski definition) is 0. The molecule has 0 rings (SSSR count). The van der Waals surface area contributed by atoms with E-state index in [1.165, 1.54) is 25.7 Å². The molecule has 0 bridgehead atoms. The highest BCUT2D eigenvalue weighted by Gasteiger charge is 2.24. The van der Waals surface area contributed by atoms with Gasteiger partial charge in [0.2, 0.25) is 10.4 Å². The Morgan fingerprint density at radius 3 is 1.19 bits per heavy atom. The van der Waals surface area contributed by atoms with Gasteiger partial charge < -0.3 is 28.0 Å². The molecule has 14 heteroatoms. The quantitative estimate of drug-likeness (QED) is 0.0156. The molecular weight excluding hydrogens is 706 g/mol. The summed E-state index contributed by atoms with van der Waals surface area (Å²) in [6, 6.07) is 0. The molecule has 0 saturated heterocycles. The van der Waals surface area contributed by atoms with Crippen LogP contribution in [0.3, 0.4) is 0 Å². The van der Waals surface area contributed by atoms with Crippen LogP contribution in [-0.2, 0) is 52.7 Å². The van der Waals surface area contributed by atoms with Crippen molar-refractivity contribution in [3.63, 3.8) is 0 Å². The van der Waals surface area contributed by atoms with Gasteiger partial charge in [-0.3, -0.25) is 23.4 Å². The van der Waals surface area contributed by atoms with Gasteiger partial charge in [-0.15, -0.1) is 0 Å². The predicted octanol–water partition coefficient (Wildman–Crippen LogP) is 7.73. The second-order valence-electron chi connectivity index (χ2n) is 14.6. The molecule has 0 radical (unpaired) electrons. The molecule has 314 valence electrons. The zero-order valence-electron chi connectivity index (χ0n) is 34.1. The fourth-order valence-corrected chi connectivity index (χ4v) is 5.30. The molecule has 0 aromatic carbocycles. The van der Waals surface area contributed by atoms with Crippen molar-refractivity contribution >= 4 is 34.3 Å². The lowest BCUT2D eigenvalue weighted by Gasteiger charge is -2.28. The Labute approximate surface area is 322 Å². The molecule has 53 heavy (non-hydrogen) atoms. The highest BCUT2D eigenvalue weighted by atomic mass is 32.3. The second kappa shape index (κ2) is 35.4. The average molecular weight is 782 g/mol. The summed E-state index contributed by atoms with van der Waals surface area (Å²) in [7, 11) is 2.46. The molecule has 0 heterocycles. The predicted molar refractivity (Wildman–Crippen MR) is 205 cm³/mol. The zero-order chi connectivity index (χ0) is 40.2. The molecule has 0 aliphatic heterocycles. The number of likely N-dealkylation sites (N-methyl/N-ethyl adjacent to an activating group) is 1. The lowest BCUT2D eigenvalue weighted by atomic mass is 10.1. The Kier molecular flexibility index (Phi) is 35.3. The summed E-state index contributed by atoms with van der Waals surface area (Å²) in [6.07, 6.45) is 21.3. The SMILES string of the molecule is CCCCCCOC(=O)CCCCCCCCC(=O)OCC(C[N+](C)(C)C)OC(=O)CCCCCCCCC(=O)OCCCCCC.COS(=O)(=O)[O-]. The van der Waals surface area contributed by atoms with Gasteiger partial charge in [-0.25, -0.2) is 8.42 Å². The molecule has 0 aromatic rings. The third kappa shape index (κ3) is 44.0. The minimum absolute atomic E-state index is 0.0793. The molecule has 0 aliphatic carbocycles. The second-order valence-corrected chi connectivity index (χ2v) is 15.8. The molecule has 0 saturated carbocycles. The first-order valence-electron chi connectivity index (χ1n) is 20.1. The number of carbonyl (C=O) groups is 4. The van der Waals surface area contributed by atoms with Crippen LogP contribution in [0.25, 0.3) is 0 Å². The Hall–Kier alpha value is -2.29. The van der Waals surface area contributed by atoms with Gasteiger partial charge in [-0.1, -0.05) is 104 Å². The van der Waals surface area contributed by atoms with Crippen molar-refractivity contribution in [3.05, 3.63) is 0 Å². The van der Waals surface area contributed by atoms with Gasteiger partial charge in [-0.05, 0) is 38.5 Å². The van der Waals surface area contributed by atoms with Crippen molar-refractivity contribution < 1.29 is 59.8 Å². The maximum atomic E-state index is 12.5. The maximum absolute atomic E-state index is 12.5. The summed E-state index contributed by atoms with van der Waals surface area (Å²) in [5.74, 6) is -0.689. The molecule has 0 aliphatic rings. The first-order chi connectivity index (χ1) is 25.1. The molecule has 0 fully saturated rings. The van der Waals surface area contributed by atoms with Gasteiger partial charge in [0.15, 0.2) is 6.10 Å². The van der Waals surface area contributed by atoms with Gasteiger partial charge in [0.05, 0.1) is 41.5 Å². The minimum atomic E-state index is -4.41. The van der Waals surface area contributed by atoms with Gasteiger partial charge in [0, 0.05) is 25.7 Å². The van der Waals surface area contributed by atoms with E-state index in [0.717, 1.165) is 110 Å². The number of unbranched alkanes of at least 4 members (excludes halogenated alkanes) is 16. The third-order valence-corrected chi connectivity index (χ3v) is 8.64. The highest BCUT2D eigenvalue weighted by Crippen LogP contribution is 2.13. The number of hydrogen-bond acceptors (Lipinski definition) is 12. The van der Waals surface area contributed by atoms with Gasteiger partial charge >= 0.3 is 23.9 Å². The van der Waals surface area contributed by atoms with Crippen LogP contribution in [-0.4, -0.2) is 102 Å². The van der Waals surface area contributed by atoms with Crippen molar-refractivity contribution in [1.82, 2.24) is 0 Å². The van der Waals surface area contributed by atoms with Crippen molar-refractivity contribution in [2.75, 3.05) is 54.6 Å². The van der Waals surface area contributed by atoms with E-state index in [9.17, 15) is 32.1 Å². The summed E-state index contributed by atoms with van der Waals surface area (Å²) in [5, 5.41) is 0. The maximum Gasteiger partial charge on any atom is 0.306 e. The van der Waals surface area contributed by atoms with Crippen LogP contribution in [0.4, 0.5) is 0 Å². The van der Waals surface area contributed by atoms with Crippen molar-refractivity contribution in [2.24, 2.45) is 0 Å². The van der Waals surface area contributed by atoms with E-state index < -0.39 is 16.5 Å². The van der Waals surface area contributed by atoms with E-state index in [1.54, 1.807) is 0 Å². The van der Waals surface area contributed by atoms with Crippen molar-refractivity contribution in [3.8, 4) is 0 Å². The van der Waals surface area contributed by atoms with E-state index in [-0.39, 0.29) is 30.5 Å². The van der Waals surface area contributed by atoms with E-state index >= 15 is 0 Å². The fourth-order valence-electron chi connectivity index (χ4n) is 5.30. The lowest BCUT2D eigenvalue weighted by Crippen LogP contribution is -2.45. The molecule has 13 nitrogen and oxygen atoms in total. The van der Waals surface area contributed by atoms with E-state index in [2.05, 4.69) is 18.0 Å². The first-order valence-corrected chi connectivity index (χ1v) is 21.4. The van der Waals surface area contributed by atoms with E-state index in [4.69, 9.17) is 18.9 Å². The van der Waals surface area contributed by atoms with Crippen LogP contribution in [0.5, 0.6) is 0 Å². The number of nitrogens with zero attached hydrogens (tertiary/aromatic N) is 1. The summed E-state index contributed by atoms with van der Waals surface area (Å²) in [4.78, 5) is 48.4. The zero-order valence-corrected chi connectivity index (χ0v) is 34.9. The number of quaternary nitrogens is 1. The van der Waals surface area contributed by atoms with Gasteiger partial charge in [0.25, 0.3) is 0 Å². The molecule has 0 aromatic heterocycles. The average Bonchev–Trinajstić information content (AvgIpc) is 3.08. The molecule has 0 spiro atoms. The number of carbonyl (C=O) groups excluding carboxylic acids is 4. The number of esters is 4. The Morgan fingerprint density at radius 1 is 0.528 bits per heavy atom. The van der Waals surface area contributed by atoms with Gasteiger partial charge in [0.1, 0.15) is 13.2 Å². The van der Waals surface area contributed by atoms with Crippen LogP contribution in [0.1, 0.15) is 168 Å². The molecule has 0 amide bonds. The normalized spacial score (nSPS) is 12.0. The van der Waals surface area contributed by atoms with Crippen molar-refractivity contribution in [2.45, 2.75) is 174 Å². The first kappa shape index (κ1) is 52.8. The van der Waals surface area contributed by atoms with Crippen LogP contribution < -0.4 is 0 Å². The van der Waals surface area contributed by atoms with Crippen molar-refractivity contribution in [1.29, 1.82) is 0 Å². The summed E-state index contributed by atoms with van der Waals surface area (Å²) >= 11 is 0. The topological polar surface area (TPSA) is 172 Å². The largest absolute Gasteiger partial charge is 0.726 e. The number of rotatable bonds is 34. The highest BCUT2D eigenvalue weighted by molar-refractivity contribution is 7.80. The molecule has 0 N–H and O–H groups in total.